The number of piperidine rings is 1. The minimum Gasteiger partial charge on any atom is -0.337 e. The maximum absolute atomic E-state index is 13.0. The molecule has 1 aromatic carbocycles. The zero-order valence-electron chi connectivity index (χ0n) is 16.3. The fourth-order valence-corrected chi connectivity index (χ4v) is 5.35. The third kappa shape index (κ3) is 4.25. The fourth-order valence-electron chi connectivity index (χ4n) is 3.79. The molecule has 3 heterocycles. The van der Waals surface area contributed by atoms with Crippen LogP contribution in [0.25, 0.3) is 0 Å². The number of sulfonamides is 1. The van der Waals surface area contributed by atoms with Crippen molar-refractivity contribution in [3.63, 3.8) is 0 Å². The number of carbonyl (C=O) groups excluding carboxylic acids is 1. The Balaban J connectivity index is 1.45. The van der Waals surface area contributed by atoms with Gasteiger partial charge in [-0.2, -0.15) is 4.31 Å². The van der Waals surface area contributed by atoms with Crippen molar-refractivity contribution in [3.05, 3.63) is 48.3 Å². The number of hydrogen-bond donors (Lipinski definition) is 0. The van der Waals surface area contributed by atoms with E-state index in [0.717, 1.165) is 19.3 Å². The molecule has 4 rings (SSSR count). The van der Waals surface area contributed by atoms with Gasteiger partial charge in [0.2, 0.25) is 16.0 Å². The molecule has 0 bridgehead atoms. The summed E-state index contributed by atoms with van der Waals surface area (Å²) in [5, 5.41) is 0. The molecule has 2 aliphatic heterocycles. The van der Waals surface area contributed by atoms with Gasteiger partial charge in [0, 0.05) is 57.2 Å². The topological polar surface area (TPSA) is 86.7 Å². The zero-order chi connectivity index (χ0) is 20.3. The fraction of sp³-hybridized carbons (Fsp3) is 0.450. The van der Waals surface area contributed by atoms with Crippen LogP contribution in [0.5, 0.6) is 0 Å². The Morgan fingerprint density at radius 2 is 1.55 bits per heavy atom. The summed E-state index contributed by atoms with van der Waals surface area (Å²) in [5.74, 6) is 0.517. The summed E-state index contributed by atoms with van der Waals surface area (Å²) in [5.41, 5.74) is 0.410. The smallest absolute Gasteiger partial charge is 0.254 e. The molecular formula is C20H25N5O3S. The first-order valence-electron chi connectivity index (χ1n) is 9.97. The van der Waals surface area contributed by atoms with Crippen LogP contribution in [0.15, 0.2) is 47.6 Å². The lowest BCUT2D eigenvalue weighted by molar-refractivity contribution is 0.0746. The molecule has 0 unspecified atom stereocenters. The molecule has 2 fully saturated rings. The van der Waals surface area contributed by atoms with Gasteiger partial charge in [-0.25, -0.2) is 18.4 Å². The van der Waals surface area contributed by atoms with E-state index in [1.165, 1.54) is 10.4 Å². The predicted molar refractivity (Wildman–Crippen MR) is 109 cm³/mol. The Kier molecular flexibility index (Phi) is 5.77. The Morgan fingerprint density at radius 3 is 2.24 bits per heavy atom. The van der Waals surface area contributed by atoms with Crippen molar-refractivity contribution in [3.8, 4) is 0 Å². The van der Waals surface area contributed by atoms with Gasteiger partial charge in [-0.05, 0) is 37.1 Å². The van der Waals surface area contributed by atoms with Crippen molar-refractivity contribution >= 4 is 21.9 Å². The van der Waals surface area contributed by atoms with E-state index < -0.39 is 10.0 Å². The summed E-state index contributed by atoms with van der Waals surface area (Å²) < 4.78 is 27.4. The maximum atomic E-state index is 13.0. The second-order valence-corrected chi connectivity index (χ2v) is 9.26. The molecule has 29 heavy (non-hydrogen) atoms. The van der Waals surface area contributed by atoms with Crippen molar-refractivity contribution < 1.29 is 13.2 Å². The van der Waals surface area contributed by atoms with Gasteiger partial charge >= 0.3 is 0 Å². The van der Waals surface area contributed by atoms with Crippen molar-refractivity contribution in [2.75, 3.05) is 44.2 Å². The van der Waals surface area contributed by atoms with Gasteiger partial charge in [-0.1, -0.05) is 12.5 Å². The molecule has 0 radical (unpaired) electrons. The quantitative estimate of drug-likeness (QED) is 0.754. The van der Waals surface area contributed by atoms with Gasteiger partial charge in [-0.15, -0.1) is 0 Å². The molecule has 9 heteroatoms. The van der Waals surface area contributed by atoms with Crippen molar-refractivity contribution in [2.24, 2.45) is 0 Å². The number of amides is 1. The highest BCUT2D eigenvalue weighted by Crippen LogP contribution is 2.22. The van der Waals surface area contributed by atoms with Crippen LogP contribution in [-0.2, 0) is 10.0 Å². The van der Waals surface area contributed by atoms with Gasteiger partial charge in [0.25, 0.3) is 5.91 Å². The summed E-state index contributed by atoms with van der Waals surface area (Å²) in [6, 6.07) is 8.20. The maximum Gasteiger partial charge on any atom is 0.254 e. The molecule has 154 valence electrons. The lowest BCUT2D eigenvalue weighted by Gasteiger charge is -2.34. The Hall–Kier alpha value is -2.52. The predicted octanol–water partition coefficient (Wildman–Crippen LogP) is 1.61. The molecule has 0 aliphatic carbocycles. The number of benzene rings is 1. The van der Waals surface area contributed by atoms with E-state index in [-0.39, 0.29) is 10.8 Å². The number of nitrogens with zero attached hydrogens (tertiary/aromatic N) is 5. The molecule has 8 nitrogen and oxygen atoms in total. The largest absolute Gasteiger partial charge is 0.337 e. The normalized spacial score (nSPS) is 18.6. The number of aromatic nitrogens is 2. The van der Waals surface area contributed by atoms with Crippen LogP contribution in [0.4, 0.5) is 5.95 Å². The van der Waals surface area contributed by atoms with E-state index in [1.54, 1.807) is 41.6 Å². The Labute approximate surface area is 171 Å². The molecule has 0 saturated carbocycles. The molecule has 1 aromatic heterocycles. The molecule has 0 N–H and O–H groups in total. The lowest BCUT2D eigenvalue weighted by atomic mass is 10.2. The van der Waals surface area contributed by atoms with E-state index in [9.17, 15) is 13.2 Å². The third-order valence-corrected chi connectivity index (χ3v) is 7.33. The van der Waals surface area contributed by atoms with Crippen LogP contribution in [-0.4, -0.2) is 72.8 Å². The van der Waals surface area contributed by atoms with Gasteiger partial charge in [-0.3, -0.25) is 4.79 Å². The van der Waals surface area contributed by atoms with Crippen molar-refractivity contribution in [1.29, 1.82) is 0 Å². The van der Waals surface area contributed by atoms with Gasteiger partial charge < -0.3 is 9.80 Å². The highest BCUT2D eigenvalue weighted by atomic mass is 32.2. The number of piperazine rings is 1. The third-order valence-electron chi connectivity index (χ3n) is 5.44. The number of hydrogen-bond acceptors (Lipinski definition) is 6. The first-order valence-corrected chi connectivity index (χ1v) is 11.4. The zero-order valence-corrected chi connectivity index (χ0v) is 17.1. The summed E-state index contributed by atoms with van der Waals surface area (Å²) in [7, 11) is -3.56. The average molecular weight is 416 g/mol. The second-order valence-electron chi connectivity index (χ2n) is 7.32. The Bertz CT molecular complexity index is 953. The van der Waals surface area contributed by atoms with Gasteiger partial charge in [0.05, 0.1) is 4.90 Å². The molecule has 2 aliphatic rings. The van der Waals surface area contributed by atoms with Crippen molar-refractivity contribution in [1.82, 2.24) is 19.2 Å². The summed E-state index contributed by atoms with van der Waals surface area (Å²) in [6.07, 6.45) is 6.23. The number of carbonyl (C=O) groups is 1. The van der Waals surface area contributed by atoms with Crippen LogP contribution in [0.1, 0.15) is 29.6 Å². The highest BCUT2D eigenvalue weighted by Gasteiger charge is 2.28. The van der Waals surface area contributed by atoms with Crippen LogP contribution < -0.4 is 4.90 Å². The number of anilines is 1. The first-order chi connectivity index (χ1) is 14.1. The summed E-state index contributed by atoms with van der Waals surface area (Å²) >= 11 is 0. The van der Waals surface area contributed by atoms with Crippen LogP contribution in [0.3, 0.4) is 0 Å². The van der Waals surface area contributed by atoms with Crippen LogP contribution >= 0.6 is 0 Å². The van der Waals surface area contributed by atoms with E-state index in [2.05, 4.69) is 9.97 Å². The lowest BCUT2D eigenvalue weighted by Crippen LogP contribution is -2.49. The molecular weight excluding hydrogens is 390 g/mol. The molecule has 1 amide bonds. The van der Waals surface area contributed by atoms with E-state index in [0.29, 0.717) is 50.8 Å². The number of rotatable bonds is 4. The highest BCUT2D eigenvalue weighted by molar-refractivity contribution is 7.89. The SMILES string of the molecule is O=C(c1cccc(S(=O)(=O)N2CCCCC2)c1)N1CCN(c2ncccn2)CC1. The van der Waals surface area contributed by atoms with Crippen LogP contribution in [0, 0.1) is 0 Å². The van der Waals surface area contributed by atoms with E-state index in [1.807, 2.05) is 4.90 Å². The van der Waals surface area contributed by atoms with Crippen LogP contribution in [0.2, 0.25) is 0 Å². The van der Waals surface area contributed by atoms with Crippen molar-refractivity contribution in [2.45, 2.75) is 24.2 Å². The second kappa shape index (κ2) is 8.46. The Morgan fingerprint density at radius 1 is 0.862 bits per heavy atom. The minimum absolute atomic E-state index is 0.144. The molecule has 2 aromatic rings. The molecule has 0 spiro atoms. The molecule has 2 saturated heterocycles. The van der Waals surface area contributed by atoms with Gasteiger partial charge in [0.15, 0.2) is 0 Å². The first kappa shape index (κ1) is 19.8. The monoisotopic (exact) mass is 415 g/mol. The van der Waals surface area contributed by atoms with E-state index in [4.69, 9.17) is 0 Å². The van der Waals surface area contributed by atoms with E-state index >= 15 is 0 Å². The standard InChI is InChI=1S/C20H25N5O3S/c26-19(23-12-14-24(15-13-23)20-21-8-5-9-22-20)17-6-4-7-18(16-17)29(27,28)25-10-2-1-3-11-25/h4-9,16H,1-3,10-15H2. The summed E-state index contributed by atoms with van der Waals surface area (Å²) in [4.78, 5) is 25.5. The van der Waals surface area contributed by atoms with Gasteiger partial charge in [0.1, 0.15) is 0 Å². The molecule has 0 atom stereocenters. The summed E-state index contributed by atoms with van der Waals surface area (Å²) in [6.45, 7) is 3.46. The minimum atomic E-state index is -3.56. The average Bonchev–Trinajstić information content (AvgIpc) is 2.80.